The van der Waals surface area contributed by atoms with Gasteiger partial charge in [-0.25, -0.2) is 4.39 Å². The Hall–Kier alpha value is -2.80. The molecule has 0 radical (unpaired) electrons. The Labute approximate surface area is 208 Å². The van der Waals surface area contributed by atoms with E-state index >= 15 is 0 Å². The van der Waals surface area contributed by atoms with Crippen LogP contribution < -0.4 is 4.74 Å². The third kappa shape index (κ3) is 6.88. The topological polar surface area (TPSA) is 41.8 Å². The van der Waals surface area contributed by atoms with Crippen molar-refractivity contribution < 1.29 is 27.4 Å². The summed E-state index contributed by atoms with van der Waals surface area (Å²) in [6, 6.07) is 7.66. The highest BCUT2D eigenvalue weighted by atomic mass is 35.5. The van der Waals surface area contributed by atoms with Crippen molar-refractivity contribution >= 4 is 22.9 Å². The van der Waals surface area contributed by atoms with Crippen molar-refractivity contribution in [3.63, 3.8) is 0 Å². The zero-order valence-electron chi connectivity index (χ0n) is 20.5. The Bertz CT molecular complexity index is 1150. The molecule has 0 bridgehead atoms. The van der Waals surface area contributed by atoms with Gasteiger partial charge in [-0.2, -0.15) is 13.2 Å². The first-order valence-corrected chi connectivity index (χ1v) is 11.5. The van der Waals surface area contributed by atoms with Gasteiger partial charge >= 0.3 is 6.18 Å². The summed E-state index contributed by atoms with van der Waals surface area (Å²) in [5.74, 6) is -0.0123. The summed E-state index contributed by atoms with van der Waals surface area (Å²) < 4.78 is 60.9. The molecular formula is C27H30ClF4NO2. The van der Waals surface area contributed by atoms with Gasteiger partial charge in [0.2, 0.25) is 0 Å². The number of alkyl halides is 4. The number of benzene rings is 2. The third-order valence-corrected chi connectivity index (χ3v) is 5.68. The maximum atomic E-state index is 14.8. The van der Waals surface area contributed by atoms with E-state index in [1.54, 1.807) is 12.1 Å². The molecule has 0 aromatic heterocycles. The normalized spacial score (nSPS) is 13.2. The predicted octanol–water partition coefficient (Wildman–Crippen LogP) is 8.69. The molecule has 0 aliphatic rings. The summed E-state index contributed by atoms with van der Waals surface area (Å²) >= 11 is 6.22. The van der Waals surface area contributed by atoms with Crippen molar-refractivity contribution in [1.29, 1.82) is 0 Å². The lowest BCUT2D eigenvalue weighted by molar-refractivity contribution is -0.0577. The van der Waals surface area contributed by atoms with Crippen LogP contribution in [-0.2, 0) is 5.67 Å². The van der Waals surface area contributed by atoms with Gasteiger partial charge in [-0.05, 0) is 68.7 Å². The fourth-order valence-corrected chi connectivity index (χ4v) is 3.84. The number of rotatable bonds is 9. The molecule has 35 heavy (non-hydrogen) atoms. The molecule has 0 saturated carbocycles. The zero-order chi connectivity index (χ0) is 26.6. The SMILES string of the molecule is C=C(C)/C(=C\C(=N/C)C(F)(F)F)c1ccc(OCCCC)c(-c2ccc(Cl)c(C(C)(C)F)c2)c1O. The second kappa shape index (κ2) is 11.3. The number of hydrogen-bond acceptors (Lipinski definition) is 3. The first-order chi connectivity index (χ1) is 16.2. The molecule has 8 heteroatoms. The standard InChI is InChI=1S/C27H30ClF4NO2/c1-7-8-13-35-22-12-10-18(19(16(2)3)15-23(33-6)27(30,31)32)25(34)24(22)17-9-11-21(28)20(14-17)26(4,5)29/h9-12,14-15,34H,2,7-8,13H2,1,3-6H3/b19-15+,33-23+. The molecule has 1 N–H and O–H groups in total. The molecule has 0 heterocycles. The van der Waals surface area contributed by atoms with Gasteiger partial charge in [0.15, 0.2) is 0 Å². The number of aliphatic imine (C=N–C) groups is 1. The number of hydrogen-bond donors (Lipinski definition) is 1. The van der Waals surface area contributed by atoms with Crippen LogP contribution in [0.15, 0.2) is 53.6 Å². The average Bonchev–Trinajstić information content (AvgIpc) is 2.74. The van der Waals surface area contributed by atoms with Crippen molar-refractivity contribution in [2.75, 3.05) is 13.7 Å². The van der Waals surface area contributed by atoms with Crippen LogP contribution >= 0.6 is 11.6 Å². The van der Waals surface area contributed by atoms with E-state index in [0.717, 1.165) is 26.0 Å². The van der Waals surface area contributed by atoms with Gasteiger partial charge in [-0.3, -0.25) is 4.99 Å². The van der Waals surface area contributed by atoms with Crippen molar-refractivity contribution in [2.45, 2.75) is 52.4 Å². The van der Waals surface area contributed by atoms with Crippen LogP contribution in [0.1, 0.15) is 51.7 Å². The van der Waals surface area contributed by atoms with Crippen molar-refractivity contribution in [3.05, 3.63) is 64.7 Å². The maximum Gasteiger partial charge on any atom is 0.432 e. The quantitative estimate of drug-likeness (QED) is 0.158. The van der Waals surface area contributed by atoms with Gasteiger partial charge in [0.05, 0.1) is 12.2 Å². The molecule has 0 atom stereocenters. The number of phenols is 1. The molecule has 190 valence electrons. The smallest absolute Gasteiger partial charge is 0.432 e. The second-order valence-electron chi connectivity index (χ2n) is 8.65. The van der Waals surface area contributed by atoms with Gasteiger partial charge in [0.25, 0.3) is 0 Å². The van der Waals surface area contributed by atoms with Crippen molar-refractivity contribution in [2.24, 2.45) is 4.99 Å². The van der Waals surface area contributed by atoms with Crippen molar-refractivity contribution in [3.8, 4) is 22.6 Å². The zero-order valence-corrected chi connectivity index (χ0v) is 21.2. The monoisotopic (exact) mass is 511 g/mol. The minimum Gasteiger partial charge on any atom is -0.507 e. The van der Waals surface area contributed by atoms with Gasteiger partial charge in [0, 0.05) is 23.2 Å². The fourth-order valence-electron chi connectivity index (χ4n) is 3.49. The van der Waals surface area contributed by atoms with Crippen LogP contribution in [0, 0.1) is 0 Å². The molecule has 0 fully saturated rings. The van der Waals surface area contributed by atoms with Gasteiger partial charge in [-0.15, -0.1) is 0 Å². The van der Waals surface area contributed by atoms with Crippen LogP contribution in [0.3, 0.4) is 0 Å². The molecule has 3 nitrogen and oxygen atoms in total. The van der Waals surface area contributed by atoms with Crippen LogP contribution in [0.25, 0.3) is 16.7 Å². The molecule has 2 aromatic rings. The largest absolute Gasteiger partial charge is 0.507 e. The molecule has 0 amide bonds. The summed E-state index contributed by atoms with van der Waals surface area (Å²) in [5, 5.41) is 11.6. The van der Waals surface area contributed by atoms with E-state index in [1.807, 2.05) is 6.92 Å². The number of halogens is 5. The van der Waals surface area contributed by atoms with Crippen LogP contribution in [0.5, 0.6) is 11.5 Å². The fraction of sp³-hybridized carbons (Fsp3) is 0.370. The Morgan fingerprint density at radius 2 is 1.83 bits per heavy atom. The lowest BCUT2D eigenvalue weighted by Gasteiger charge is -2.21. The lowest BCUT2D eigenvalue weighted by Crippen LogP contribution is -2.21. The Balaban J connectivity index is 2.84. The summed E-state index contributed by atoms with van der Waals surface area (Å²) in [7, 11) is 1.04. The summed E-state index contributed by atoms with van der Waals surface area (Å²) in [4.78, 5) is 3.34. The highest BCUT2D eigenvalue weighted by Gasteiger charge is 2.34. The summed E-state index contributed by atoms with van der Waals surface area (Å²) in [5.41, 5.74) is -1.61. The van der Waals surface area contributed by atoms with E-state index in [1.165, 1.54) is 39.0 Å². The van der Waals surface area contributed by atoms with Crippen LogP contribution in [-0.4, -0.2) is 30.6 Å². The average molecular weight is 512 g/mol. The molecular weight excluding hydrogens is 482 g/mol. The third-order valence-electron chi connectivity index (χ3n) is 5.35. The van der Waals surface area contributed by atoms with Gasteiger partial charge < -0.3 is 9.84 Å². The molecule has 0 aliphatic heterocycles. The summed E-state index contributed by atoms with van der Waals surface area (Å²) in [6.07, 6.45) is -2.21. The Morgan fingerprint density at radius 1 is 1.17 bits per heavy atom. The minimum absolute atomic E-state index is 0.0572. The first-order valence-electron chi connectivity index (χ1n) is 11.1. The first kappa shape index (κ1) is 28.4. The summed E-state index contributed by atoms with van der Waals surface area (Å²) in [6.45, 7) is 10.4. The van der Waals surface area contributed by atoms with E-state index in [2.05, 4.69) is 11.6 Å². The molecule has 0 unspecified atom stereocenters. The lowest BCUT2D eigenvalue weighted by atomic mass is 9.90. The van der Waals surface area contributed by atoms with Crippen LogP contribution in [0.4, 0.5) is 17.6 Å². The Kier molecular flexibility index (Phi) is 9.17. The molecule has 2 aromatic carbocycles. The van der Waals surface area contributed by atoms with E-state index in [0.29, 0.717) is 17.9 Å². The van der Waals surface area contributed by atoms with E-state index in [9.17, 15) is 22.7 Å². The van der Waals surface area contributed by atoms with Crippen LogP contribution in [0.2, 0.25) is 5.02 Å². The number of aromatic hydroxyl groups is 1. The highest BCUT2D eigenvalue weighted by Crippen LogP contribution is 2.46. The van der Waals surface area contributed by atoms with Gasteiger partial charge in [-0.1, -0.05) is 43.2 Å². The molecule has 0 aliphatic carbocycles. The number of phenolic OH excluding ortho intramolecular Hbond substituents is 1. The predicted molar refractivity (Wildman–Crippen MR) is 135 cm³/mol. The Morgan fingerprint density at radius 3 is 2.34 bits per heavy atom. The molecule has 2 rings (SSSR count). The molecule has 0 spiro atoms. The number of nitrogens with zero attached hydrogens (tertiary/aromatic N) is 1. The number of allylic oxidation sites excluding steroid dienone is 3. The van der Waals surface area contributed by atoms with E-state index in [-0.39, 0.29) is 38.6 Å². The number of unbranched alkanes of at least 4 members (excludes halogenated alkanes) is 1. The van der Waals surface area contributed by atoms with E-state index in [4.69, 9.17) is 16.3 Å². The molecule has 0 saturated heterocycles. The maximum absolute atomic E-state index is 14.8. The number of ether oxygens (including phenoxy) is 1. The highest BCUT2D eigenvalue weighted by molar-refractivity contribution is 6.31. The van der Waals surface area contributed by atoms with Crippen molar-refractivity contribution in [1.82, 2.24) is 0 Å². The van der Waals surface area contributed by atoms with E-state index < -0.39 is 17.6 Å². The minimum atomic E-state index is -4.69. The second-order valence-corrected chi connectivity index (χ2v) is 9.06. The van der Waals surface area contributed by atoms with Gasteiger partial charge in [0.1, 0.15) is 22.9 Å².